The maximum atomic E-state index is 13.3. The van der Waals surface area contributed by atoms with Crippen LogP contribution in [-0.2, 0) is 36.8 Å². The van der Waals surface area contributed by atoms with Gasteiger partial charge in [0, 0.05) is 25.8 Å². The molecular formula is C28H34N4O7. The second kappa shape index (κ2) is 14.1. The molecule has 11 nitrogen and oxygen atoms in total. The average Bonchev–Trinajstić information content (AvgIpc) is 3.41. The van der Waals surface area contributed by atoms with Crippen LogP contribution in [0, 0.1) is 0 Å². The number of carboxylic acids is 2. The molecule has 1 saturated heterocycles. The predicted octanol–water partition coefficient (Wildman–Crippen LogP) is 0.709. The lowest BCUT2D eigenvalue weighted by atomic mass is 10.0. The number of amides is 3. The molecule has 1 aliphatic heterocycles. The number of nitrogens with one attached hydrogen (secondary N) is 2. The summed E-state index contributed by atoms with van der Waals surface area (Å²) in [5, 5.41) is 23.9. The third kappa shape index (κ3) is 8.64. The van der Waals surface area contributed by atoms with Crippen molar-refractivity contribution in [1.29, 1.82) is 0 Å². The molecule has 4 unspecified atom stereocenters. The molecule has 3 amide bonds. The maximum absolute atomic E-state index is 13.3. The molecule has 0 spiro atoms. The third-order valence-electron chi connectivity index (χ3n) is 6.64. The molecule has 0 radical (unpaired) electrons. The summed E-state index contributed by atoms with van der Waals surface area (Å²) in [5.41, 5.74) is 7.38. The number of aliphatic carboxylic acids is 2. The van der Waals surface area contributed by atoms with Crippen LogP contribution in [0.4, 0.5) is 0 Å². The van der Waals surface area contributed by atoms with Crippen molar-refractivity contribution in [2.24, 2.45) is 5.73 Å². The number of likely N-dealkylation sites (tertiary alicyclic amines) is 1. The van der Waals surface area contributed by atoms with E-state index in [1.807, 2.05) is 6.07 Å². The van der Waals surface area contributed by atoms with E-state index in [1.54, 1.807) is 54.6 Å². The molecule has 208 valence electrons. The van der Waals surface area contributed by atoms with Crippen LogP contribution in [0.25, 0.3) is 0 Å². The van der Waals surface area contributed by atoms with Crippen LogP contribution in [0.5, 0.6) is 0 Å². The zero-order valence-corrected chi connectivity index (χ0v) is 21.5. The highest BCUT2D eigenvalue weighted by Gasteiger charge is 2.38. The van der Waals surface area contributed by atoms with Gasteiger partial charge in [0.1, 0.15) is 18.1 Å². The number of carboxylic acid groups (broad SMARTS) is 2. The second-order valence-corrected chi connectivity index (χ2v) is 9.57. The van der Waals surface area contributed by atoms with Crippen molar-refractivity contribution in [2.75, 3.05) is 6.54 Å². The fourth-order valence-corrected chi connectivity index (χ4v) is 4.57. The van der Waals surface area contributed by atoms with E-state index < -0.39 is 53.8 Å². The Kier molecular flexibility index (Phi) is 10.6. The smallest absolute Gasteiger partial charge is 0.326 e. The Morgan fingerprint density at radius 2 is 1.44 bits per heavy atom. The minimum absolute atomic E-state index is 0.0595. The van der Waals surface area contributed by atoms with Gasteiger partial charge in [-0.25, -0.2) is 4.79 Å². The average molecular weight is 539 g/mol. The standard InChI is InChI=1S/C28H34N4O7/c29-20(13-14-24(33)34)27(37)32-15-7-12-23(32)26(36)30-21(16-18-8-3-1-4-9-18)25(35)31-22(28(38)39)17-19-10-5-2-6-11-19/h1-6,8-11,20-23H,7,12-17,29H2,(H,30,36)(H,31,35)(H,33,34)(H,38,39). The molecule has 1 fully saturated rings. The molecule has 11 heteroatoms. The molecule has 1 heterocycles. The quantitative estimate of drug-likeness (QED) is 0.247. The number of nitrogens with two attached hydrogens (primary N) is 1. The lowest BCUT2D eigenvalue weighted by Crippen LogP contribution is -2.57. The van der Waals surface area contributed by atoms with E-state index in [1.165, 1.54) is 4.90 Å². The van der Waals surface area contributed by atoms with E-state index in [-0.39, 0.29) is 32.2 Å². The molecule has 6 N–H and O–H groups in total. The molecule has 2 aromatic carbocycles. The van der Waals surface area contributed by atoms with Gasteiger partial charge >= 0.3 is 11.9 Å². The van der Waals surface area contributed by atoms with E-state index >= 15 is 0 Å². The summed E-state index contributed by atoms with van der Waals surface area (Å²) >= 11 is 0. The van der Waals surface area contributed by atoms with Gasteiger partial charge < -0.3 is 31.5 Å². The lowest BCUT2D eigenvalue weighted by molar-refractivity contribution is -0.143. The Labute approximate surface area is 226 Å². The highest BCUT2D eigenvalue weighted by Crippen LogP contribution is 2.20. The molecule has 0 bridgehead atoms. The molecule has 0 aliphatic carbocycles. The van der Waals surface area contributed by atoms with Crippen molar-refractivity contribution in [2.45, 2.75) is 62.7 Å². The van der Waals surface area contributed by atoms with Crippen LogP contribution in [-0.4, -0.2) is 75.5 Å². The van der Waals surface area contributed by atoms with E-state index in [9.17, 15) is 29.1 Å². The third-order valence-corrected chi connectivity index (χ3v) is 6.64. The summed E-state index contributed by atoms with van der Waals surface area (Å²) in [6.07, 6.45) is 0.737. The first-order valence-electron chi connectivity index (χ1n) is 12.8. The van der Waals surface area contributed by atoms with Gasteiger partial charge in [-0.3, -0.25) is 19.2 Å². The topological polar surface area (TPSA) is 179 Å². The van der Waals surface area contributed by atoms with E-state index in [0.29, 0.717) is 12.8 Å². The number of carbonyl (C=O) groups excluding carboxylic acids is 3. The summed E-state index contributed by atoms with van der Waals surface area (Å²) in [7, 11) is 0. The van der Waals surface area contributed by atoms with Gasteiger partial charge in [0.15, 0.2) is 0 Å². The van der Waals surface area contributed by atoms with Crippen LogP contribution in [0.2, 0.25) is 0 Å². The Balaban J connectivity index is 1.74. The molecule has 2 aromatic rings. The van der Waals surface area contributed by atoms with E-state index in [0.717, 1.165) is 11.1 Å². The predicted molar refractivity (Wildman–Crippen MR) is 141 cm³/mol. The summed E-state index contributed by atoms with van der Waals surface area (Å²) in [6, 6.07) is 13.6. The monoisotopic (exact) mass is 538 g/mol. The summed E-state index contributed by atoms with van der Waals surface area (Å²) in [5.74, 6) is -4.02. The fourth-order valence-electron chi connectivity index (χ4n) is 4.57. The highest BCUT2D eigenvalue weighted by atomic mass is 16.4. The van der Waals surface area contributed by atoms with Crippen molar-refractivity contribution in [3.8, 4) is 0 Å². The number of carbonyl (C=O) groups is 5. The molecule has 0 aromatic heterocycles. The van der Waals surface area contributed by atoms with Gasteiger partial charge in [0.05, 0.1) is 6.04 Å². The molecule has 1 aliphatic rings. The van der Waals surface area contributed by atoms with Gasteiger partial charge in [-0.05, 0) is 30.4 Å². The fraction of sp³-hybridized carbons (Fsp3) is 0.393. The largest absolute Gasteiger partial charge is 0.481 e. The van der Waals surface area contributed by atoms with Crippen LogP contribution >= 0.6 is 0 Å². The number of hydrogen-bond donors (Lipinski definition) is 5. The molecule has 4 atom stereocenters. The SMILES string of the molecule is NC(CCC(=O)O)C(=O)N1CCCC1C(=O)NC(Cc1ccccc1)C(=O)NC(Cc1ccccc1)C(=O)O. The van der Waals surface area contributed by atoms with Crippen molar-refractivity contribution in [3.63, 3.8) is 0 Å². The maximum Gasteiger partial charge on any atom is 0.326 e. The van der Waals surface area contributed by atoms with Crippen LogP contribution in [0.3, 0.4) is 0 Å². The zero-order valence-electron chi connectivity index (χ0n) is 21.5. The number of rotatable bonds is 13. The molecule has 3 rings (SSSR count). The van der Waals surface area contributed by atoms with Crippen molar-refractivity contribution in [3.05, 3.63) is 71.8 Å². The normalized spacial score (nSPS) is 17.1. The van der Waals surface area contributed by atoms with Crippen molar-refractivity contribution in [1.82, 2.24) is 15.5 Å². The van der Waals surface area contributed by atoms with E-state index in [4.69, 9.17) is 10.8 Å². The molecule has 0 saturated carbocycles. The second-order valence-electron chi connectivity index (χ2n) is 9.57. The number of nitrogens with zero attached hydrogens (tertiary/aromatic N) is 1. The summed E-state index contributed by atoms with van der Waals surface area (Å²) in [4.78, 5) is 63.6. The first-order chi connectivity index (χ1) is 18.7. The van der Waals surface area contributed by atoms with Gasteiger partial charge in [0.25, 0.3) is 0 Å². The van der Waals surface area contributed by atoms with Crippen LogP contribution < -0.4 is 16.4 Å². The first-order valence-corrected chi connectivity index (χ1v) is 12.8. The Hall–Kier alpha value is -4.25. The van der Waals surface area contributed by atoms with Gasteiger partial charge in [-0.15, -0.1) is 0 Å². The summed E-state index contributed by atoms with van der Waals surface area (Å²) < 4.78 is 0. The van der Waals surface area contributed by atoms with Crippen LogP contribution in [0.1, 0.15) is 36.8 Å². The zero-order chi connectivity index (χ0) is 28.4. The Morgan fingerprint density at radius 3 is 1.97 bits per heavy atom. The minimum atomic E-state index is -1.22. The molecular weight excluding hydrogens is 504 g/mol. The molecule has 39 heavy (non-hydrogen) atoms. The summed E-state index contributed by atoms with van der Waals surface area (Å²) in [6.45, 7) is 0.283. The van der Waals surface area contributed by atoms with Crippen molar-refractivity contribution < 1.29 is 34.2 Å². The number of benzene rings is 2. The number of hydrogen-bond acceptors (Lipinski definition) is 6. The highest BCUT2D eigenvalue weighted by molar-refractivity contribution is 5.94. The van der Waals surface area contributed by atoms with Gasteiger partial charge in [-0.1, -0.05) is 60.7 Å². The first kappa shape index (κ1) is 29.3. The van der Waals surface area contributed by atoms with Gasteiger partial charge in [-0.2, -0.15) is 0 Å². The Morgan fingerprint density at radius 1 is 0.872 bits per heavy atom. The van der Waals surface area contributed by atoms with Crippen LogP contribution in [0.15, 0.2) is 60.7 Å². The lowest BCUT2D eigenvalue weighted by Gasteiger charge is -2.28. The Bertz CT molecular complexity index is 1160. The van der Waals surface area contributed by atoms with E-state index in [2.05, 4.69) is 10.6 Å². The minimum Gasteiger partial charge on any atom is -0.481 e. The van der Waals surface area contributed by atoms with Gasteiger partial charge in [0.2, 0.25) is 17.7 Å². The van der Waals surface area contributed by atoms with Crippen molar-refractivity contribution >= 4 is 29.7 Å².